The Bertz CT molecular complexity index is 3090. The molecule has 0 fully saturated rings. The number of benzene rings is 5. The molecule has 0 atom stereocenters. The van der Waals surface area contributed by atoms with Gasteiger partial charge in [-0.1, -0.05) is 42.5 Å². The molecule has 0 spiro atoms. The molecule has 15 nitrogen and oxygen atoms in total. The molecule has 0 amide bonds. The van der Waals surface area contributed by atoms with E-state index in [1.54, 1.807) is 60.7 Å². The summed E-state index contributed by atoms with van der Waals surface area (Å²) in [7, 11) is 0. The molecule has 8 N–H and O–H groups in total. The van der Waals surface area contributed by atoms with Crippen LogP contribution in [-0.2, 0) is 13.1 Å². The number of aromatic nitrogens is 2. The van der Waals surface area contributed by atoms with Crippen molar-refractivity contribution in [1.82, 2.24) is 9.97 Å². The highest BCUT2D eigenvalue weighted by Crippen LogP contribution is 2.45. The van der Waals surface area contributed by atoms with Crippen LogP contribution in [0.3, 0.4) is 0 Å². The zero-order valence-corrected chi connectivity index (χ0v) is 29.9. The van der Waals surface area contributed by atoms with Crippen molar-refractivity contribution in [2.75, 3.05) is 16.4 Å². The standard InChI is InChI=1S/C43H29N5O10/c44-29-13-11-24-35(23-10-7-22(40(50)51)17-26(23)41(52)53)25-12-16-34(49)28(19-46-31-6-2-4-21-9-15-33(43(56)57)48-37(21)31)39(25)58-38(24)27(29)18-45-30-5-1-3-20-8-14-32(42(54)55)47-36(20)30/h1-17,45-46H,18-19,44H2,(H,50,51)(H,52,53)(H,54,55)(H,56,57). The van der Waals surface area contributed by atoms with Gasteiger partial charge < -0.3 is 41.2 Å². The molecule has 0 bridgehead atoms. The zero-order chi connectivity index (χ0) is 40.8. The fraction of sp³-hybridized carbons (Fsp3) is 0.0465. The van der Waals surface area contributed by atoms with Crippen LogP contribution in [0.2, 0.25) is 0 Å². The van der Waals surface area contributed by atoms with Crippen LogP contribution in [0.25, 0.3) is 55.2 Å². The van der Waals surface area contributed by atoms with Crippen molar-refractivity contribution in [2.45, 2.75) is 13.1 Å². The van der Waals surface area contributed by atoms with Crippen LogP contribution in [-0.4, -0.2) is 54.3 Å². The van der Waals surface area contributed by atoms with Crippen molar-refractivity contribution in [3.05, 3.63) is 147 Å². The summed E-state index contributed by atoms with van der Waals surface area (Å²) in [5.74, 6) is -5.06. The Morgan fingerprint density at radius 1 is 0.621 bits per heavy atom. The second-order valence-corrected chi connectivity index (χ2v) is 13.2. The van der Waals surface area contributed by atoms with E-state index >= 15 is 0 Å². The number of carboxylic acids is 4. The van der Waals surface area contributed by atoms with E-state index in [4.69, 9.17) is 10.2 Å². The highest BCUT2D eigenvalue weighted by molar-refractivity contribution is 6.10. The number of rotatable bonds is 11. The van der Waals surface area contributed by atoms with E-state index in [2.05, 4.69) is 20.6 Å². The second-order valence-electron chi connectivity index (χ2n) is 13.2. The number of carbonyl (C=O) groups is 4. The Kier molecular flexibility index (Phi) is 9.09. The number of hydrogen-bond acceptors (Lipinski definition) is 11. The summed E-state index contributed by atoms with van der Waals surface area (Å²) in [6.07, 6.45) is 0. The van der Waals surface area contributed by atoms with Gasteiger partial charge in [-0.05, 0) is 66.2 Å². The van der Waals surface area contributed by atoms with Crippen LogP contribution in [0, 0.1) is 0 Å². The molecule has 1 aliphatic carbocycles. The van der Waals surface area contributed by atoms with Crippen LogP contribution in [0.4, 0.5) is 17.1 Å². The molecule has 15 heteroatoms. The minimum atomic E-state index is -1.40. The molecule has 1 aliphatic heterocycles. The Morgan fingerprint density at radius 2 is 1.21 bits per heavy atom. The number of nitrogens with two attached hydrogens (primary N) is 1. The molecule has 3 heterocycles. The molecule has 8 rings (SSSR count). The summed E-state index contributed by atoms with van der Waals surface area (Å²) in [4.78, 5) is 70.5. The molecule has 2 aromatic heterocycles. The van der Waals surface area contributed by atoms with Gasteiger partial charge >= 0.3 is 23.9 Å². The van der Waals surface area contributed by atoms with Crippen molar-refractivity contribution in [3.63, 3.8) is 0 Å². The smallest absolute Gasteiger partial charge is 0.354 e. The van der Waals surface area contributed by atoms with E-state index in [-0.39, 0.29) is 63.8 Å². The number of para-hydroxylation sites is 2. The van der Waals surface area contributed by atoms with Gasteiger partial charge in [0.15, 0.2) is 5.43 Å². The fourth-order valence-corrected chi connectivity index (χ4v) is 7.02. The highest BCUT2D eigenvalue weighted by Gasteiger charge is 2.27. The van der Waals surface area contributed by atoms with Gasteiger partial charge in [-0.3, -0.25) is 4.79 Å². The Morgan fingerprint density at radius 3 is 1.78 bits per heavy atom. The normalized spacial score (nSPS) is 11.2. The number of hydrogen-bond donors (Lipinski definition) is 7. The number of nitrogens with zero attached hydrogens (tertiary/aromatic N) is 2. The summed E-state index contributed by atoms with van der Waals surface area (Å²) in [6.45, 7) is -0.145. The van der Waals surface area contributed by atoms with E-state index in [0.29, 0.717) is 55.3 Å². The third-order valence-electron chi connectivity index (χ3n) is 9.81. The minimum absolute atomic E-state index is 0.00230. The largest absolute Gasteiger partial charge is 0.478 e. The number of anilines is 3. The van der Waals surface area contributed by atoms with Gasteiger partial charge in [0.05, 0.1) is 39.1 Å². The summed E-state index contributed by atoms with van der Waals surface area (Å²) in [5.41, 5.74) is 8.70. The number of pyridine rings is 2. The van der Waals surface area contributed by atoms with E-state index in [1.165, 1.54) is 36.4 Å². The lowest BCUT2D eigenvalue weighted by Crippen LogP contribution is -2.16. The van der Waals surface area contributed by atoms with Crippen LogP contribution in [0.5, 0.6) is 0 Å². The second kappa shape index (κ2) is 14.4. The van der Waals surface area contributed by atoms with Gasteiger partial charge in [-0.25, -0.2) is 29.1 Å². The van der Waals surface area contributed by atoms with Gasteiger partial charge in [-0.2, -0.15) is 0 Å². The molecule has 2 aliphatic rings. The lowest BCUT2D eigenvalue weighted by Gasteiger charge is -2.21. The monoisotopic (exact) mass is 775 g/mol. The summed E-state index contributed by atoms with van der Waals surface area (Å²) >= 11 is 0. The molecule has 0 saturated heterocycles. The van der Waals surface area contributed by atoms with Gasteiger partial charge in [0.25, 0.3) is 0 Å². The van der Waals surface area contributed by atoms with Crippen molar-refractivity contribution in [1.29, 1.82) is 0 Å². The van der Waals surface area contributed by atoms with Crippen LogP contribution >= 0.6 is 0 Å². The summed E-state index contributed by atoms with van der Waals surface area (Å²) in [6, 6.07) is 26.3. The first-order chi connectivity index (χ1) is 27.9. The number of fused-ring (bicyclic) bond motifs is 4. The van der Waals surface area contributed by atoms with Crippen LogP contribution in [0.15, 0.2) is 112 Å². The maximum absolute atomic E-state index is 13.8. The zero-order valence-electron chi connectivity index (χ0n) is 29.9. The average molecular weight is 776 g/mol. The third kappa shape index (κ3) is 6.47. The minimum Gasteiger partial charge on any atom is -0.478 e. The van der Waals surface area contributed by atoms with E-state index in [1.807, 2.05) is 0 Å². The van der Waals surface area contributed by atoms with Gasteiger partial charge in [-0.15, -0.1) is 0 Å². The molecular formula is C43H29N5O10. The Labute approximate surface area is 326 Å². The third-order valence-corrected chi connectivity index (χ3v) is 9.81. The lowest BCUT2D eigenvalue weighted by molar-refractivity contribution is 0.0678. The molecule has 58 heavy (non-hydrogen) atoms. The van der Waals surface area contributed by atoms with Crippen molar-refractivity contribution < 1.29 is 44.0 Å². The van der Waals surface area contributed by atoms with Gasteiger partial charge in [0, 0.05) is 51.6 Å². The molecule has 0 unspecified atom stereocenters. The maximum Gasteiger partial charge on any atom is 0.354 e. The average Bonchev–Trinajstić information content (AvgIpc) is 3.21. The molecule has 0 radical (unpaired) electrons. The quantitative estimate of drug-likeness (QED) is 0.0504. The van der Waals surface area contributed by atoms with E-state index < -0.39 is 29.3 Å². The number of nitrogens with one attached hydrogen (secondary N) is 2. The van der Waals surface area contributed by atoms with Gasteiger partial charge in [0.1, 0.15) is 22.7 Å². The topological polar surface area (TPSA) is 255 Å². The Balaban J connectivity index is 1.33. The molecule has 286 valence electrons. The lowest BCUT2D eigenvalue weighted by atomic mass is 9.87. The number of nitrogen functional groups attached to an aromatic ring is 1. The summed E-state index contributed by atoms with van der Waals surface area (Å²) in [5, 5.41) is 47.5. The first kappa shape index (κ1) is 36.6. The van der Waals surface area contributed by atoms with Crippen LogP contribution in [0.1, 0.15) is 52.8 Å². The van der Waals surface area contributed by atoms with E-state index in [0.717, 1.165) is 6.07 Å². The molecule has 0 saturated carbocycles. The summed E-state index contributed by atoms with van der Waals surface area (Å²) < 4.78 is 6.66. The van der Waals surface area contributed by atoms with Gasteiger partial charge in [0.2, 0.25) is 0 Å². The molecule has 4 aromatic carbocycles. The first-order valence-corrected chi connectivity index (χ1v) is 17.5. The number of aromatic carboxylic acids is 4. The maximum atomic E-state index is 13.8. The molecule has 6 aromatic rings. The van der Waals surface area contributed by atoms with Crippen molar-refractivity contribution in [2.24, 2.45) is 0 Å². The van der Waals surface area contributed by atoms with E-state index in [9.17, 15) is 44.4 Å². The van der Waals surface area contributed by atoms with Crippen LogP contribution < -0.4 is 21.8 Å². The SMILES string of the molecule is Nc1ccc2c(-c3ccc(C(=O)O)cc3C(=O)O)c3ccc(=O)c(CNc4cccc5ccc(C(=O)O)nc45)c-3oc2c1CNc1cccc2ccc(C(=O)O)nc12. The predicted molar refractivity (Wildman–Crippen MR) is 215 cm³/mol. The predicted octanol–water partition coefficient (Wildman–Crippen LogP) is 7.26. The van der Waals surface area contributed by atoms with Crippen molar-refractivity contribution in [3.8, 4) is 22.5 Å². The molecular weight excluding hydrogens is 746 g/mol. The fourth-order valence-electron chi connectivity index (χ4n) is 7.02. The van der Waals surface area contributed by atoms with Crippen molar-refractivity contribution >= 4 is 73.7 Å². The Hall–Kier alpha value is -8.33. The first-order valence-electron chi connectivity index (χ1n) is 17.5. The highest BCUT2D eigenvalue weighted by atomic mass is 16.4. The number of carboxylic acid groups (broad SMARTS) is 4.